The van der Waals surface area contributed by atoms with Gasteiger partial charge in [0.2, 0.25) is 5.16 Å². The number of hydrogen-bond donors (Lipinski definition) is 0. The molecule has 0 aliphatic heterocycles. The molecule has 0 aliphatic rings. The van der Waals surface area contributed by atoms with E-state index in [0.29, 0.717) is 32.6 Å². The molecular weight excluding hydrogens is 405 g/mol. The van der Waals surface area contributed by atoms with Crippen LogP contribution in [0.25, 0.3) is 16.9 Å². The van der Waals surface area contributed by atoms with E-state index in [2.05, 4.69) is 15.3 Å². The zero-order valence-electron chi connectivity index (χ0n) is 14.1. The number of thioether (sulfide) groups is 1. The Balaban J connectivity index is 1.67. The zero-order chi connectivity index (χ0) is 19.7. The number of nitrogens with zero attached hydrogens (tertiary/aromatic N) is 5. The number of hydrogen-bond acceptors (Lipinski definition) is 6. The van der Waals surface area contributed by atoms with E-state index in [4.69, 9.17) is 11.6 Å². The summed E-state index contributed by atoms with van der Waals surface area (Å²) >= 11 is 7.31. The van der Waals surface area contributed by atoms with Gasteiger partial charge in [0.05, 0.1) is 10.6 Å². The van der Waals surface area contributed by atoms with Gasteiger partial charge in [-0.25, -0.2) is 4.39 Å². The van der Waals surface area contributed by atoms with Gasteiger partial charge >= 0.3 is 0 Å². The molecule has 0 radical (unpaired) electrons. The molecule has 0 aliphatic carbocycles. The van der Waals surface area contributed by atoms with Gasteiger partial charge in [-0.2, -0.15) is 9.61 Å². The molecule has 7 nitrogen and oxygen atoms in total. The lowest BCUT2D eigenvalue weighted by atomic mass is 10.1. The minimum absolute atomic E-state index is 0.0213. The maximum atomic E-state index is 14.0. The van der Waals surface area contributed by atoms with Crippen LogP contribution in [0.3, 0.4) is 0 Å². The third-order valence-electron chi connectivity index (χ3n) is 3.99. The van der Waals surface area contributed by atoms with Crippen molar-refractivity contribution in [1.82, 2.24) is 19.8 Å². The van der Waals surface area contributed by atoms with Crippen LogP contribution >= 0.6 is 23.4 Å². The quantitative estimate of drug-likeness (QED) is 0.265. The molecule has 4 aromatic rings. The third kappa shape index (κ3) is 3.54. The highest BCUT2D eigenvalue weighted by atomic mass is 35.5. The van der Waals surface area contributed by atoms with Crippen LogP contribution in [-0.2, 0) is 5.75 Å². The Kier molecular flexibility index (Phi) is 4.93. The second-order valence-corrected chi connectivity index (χ2v) is 7.12. The van der Waals surface area contributed by atoms with Crippen LogP contribution in [0.5, 0.6) is 0 Å². The molecule has 0 atom stereocenters. The molecule has 2 aromatic heterocycles. The number of non-ortho nitro benzene ring substituents is 1. The first-order chi connectivity index (χ1) is 13.5. The second kappa shape index (κ2) is 7.53. The highest BCUT2D eigenvalue weighted by Gasteiger charge is 2.14. The van der Waals surface area contributed by atoms with Gasteiger partial charge in [-0.15, -0.1) is 10.2 Å². The normalized spacial score (nSPS) is 11.1. The van der Waals surface area contributed by atoms with Gasteiger partial charge in [0.15, 0.2) is 5.65 Å². The smallest absolute Gasteiger partial charge is 0.258 e. The first-order valence-corrected chi connectivity index (χ1v) is 9.42. The van der Waals surface area contributed by atoms with Crippen LogP contribution in [0.2, 0.25) is 5.02 Å². The minimum atomic E-state index is -0.458. The van der Waals surface area contributed by atoms with Gasteiger partial charge < -0.3 is 0 Å². The maximum Gasteiger partial charge on any atom is 0.270 e. The lowest BCUT2D eigenvalue weighted by molar-refractivity contribution is -0.384. The standard InChI is InChI=1S/C18H11ClFN5O2S/c19-14-5-2-6-15(20)13(14)10-28-18-22-21-17-8-7-16(23-24(17)18)11-3-1-4-12(9-11)25(26)27/h1-9H,10H2. The van der Waals surface area contributed by atoms with Crippen molar-refractivity contribution in [2.45, 2.75) is 10.9 Å². The largest absolute Gasteiger partial charge is 0.270 e. The topological polar surface area (TPSA) is 86.2 Å². The molecule has 10 heteroatoms. The van der Waals surface area contributed by atoms with Crippen molar-refractivity contribution in [1.29, 1.82) is 0 Å². The van der Waals surface area contributed by atoms with Crippen LogP contribution < -0.4 is 0 Å². The van der Waals surface area contributed by atoms with Crippen LogP contribution in [-0.4, -0.2) is 24.7 Å². The summed E-state index contributed by atoms with van der Waals surface area (Å²) in [5.74, 6) is -0.131. The summed E-state index contributed by atoms with van der Waals surface area (Å²) in [6, 6.07) is 14.2. The van der Waals surface area contributed by atoms with E-state index in [9.17, 15) is 14.5 Å². The molecule has 140 valence electrons. The Morgan fingerprint density at radius 2 is 1.96 bits per heavy atom. The van der Waals surface area contributed by atoms with Crippen molar-refractivity contribution in [2.24, 2.45) is 0 Å². The Morgan fingerprint density at radius 3 is 2.75 bits per heavy atom. The molecular formula is C18H11ClFN5O2S. The van der Waals surface area contributed by atoms with E-state index >= 15 is 0 Å². The first kappa shape index (κ1) is 18.3. The van der Waals surface area contributed by atoms with Gasteiger partial charge in [-0.05, 0) is 24.3 Å². The SMILES string of the molecule is O=[N+]([O-])c1cccc(-c2ccc3nnc(SCc4c(F)cccc4Cl)n3n2)c1. The number of nitro groups is 1. The summed E-state index contributed by atoms with van der Waals surface area (Å²) in [5.41, 5.74) is 1.99. The van der Waals surface area contributed by atoms with Crippen molar-refractivity contribution >= 4 is 34.7 Å². The Labute approximate surface area is 167 Å². The van der Waals surface area contributed by atoms with Crippen LogP contribution in [0.4, 0.5) is 10.1 Å². The van der Waals surface area contributed by atoms with E-state index in [0.717, 1.165) is 0 Å². The molecule has 0 unspecified atom stereocenters. The van der Waals surface area contributed by atoms with Gasteiger partial charge in [0.25, 0.3) is 5.69 Å². The molecule has 0 N–H and O–H groups in total. The Hall–Kier alpha value is -3.04. The van der Waals surface area contributed by atoms with Crippen LogP contribution in [0, 0.1) is 15.9 Å². The molecule has 4 rings (SSSR count). The van der Waals surface area contributed by atoms with Crippen molar-refractivity contribution in [2.75, 3.05) is 0 Å². The van der Waals surface area contributed by atoms with Crippen molar-refractivity contribution < 1.29 is 9.31 Å². The molecule has 0 bridgehead atoms. The van der Waals surface area contributed by atoms with Crippen molar-refractivity contribution in [3.8, 4) is 11.3 Å². The monoisotopic (exact) mass is 415 g/mol. The maximum absolute atomic E-state index is 14.0. The summed E-state index contributed by atoms with van der Waals surface area (Å²) in [4.78, 5) is 10.5. The predicted molar refractivity (Wildman–Crippen MR) is 104 cm³/mol. The third-order valence-corrected chi connectivity index (χ3v) is 5.29. The van der Waals surface area contributed by atoms with Gasteiger partial charge in [-0.3, -0.25) is 10.1 Å². The molecule has 2 heterocycles. The average molecular weight is 416 g/mol. The number of nitro benzene ring substituents is 1. The zero-order valence-corrected chi connectivity index (χ0v) is 15.7. The lowest BCUT2D eigenvalue weighted by Crippen LogP contribution is -1.98. The minimum Gasteiger partial charge on any atom is -0.258 e. The number of benzene rings is 2. The van der Waals surface area contributed by atoms with Gasteiger partial charge in [-0.1, -0.05) is 41.6 Å². The molecule has 28 heavy (non-hydrogen) atoms. The van der Waals surface area contributed by atoms with Crippen molar-refractivity contribution in [3.05, 3.63) is 81.1 Å². The molecule has 0 amide bonds. The van der Waals surface area contributed by atoms with E-state index in [-0.39, 0.29) is 17.3 Å². The molecule has 0 spiro atoms. The predicted octanol–water partition coefficient (Wildman–Crippen LogP) is 4.78. The number of aromatic nitrogens is 4. The molecule has 0 saturated heterocycles. The Bertz CT molecular complexity index is 1180. The van der Waals surface area contributed by atoms with Gasteiger partial charge in [0.1, 0.15) is 5.82 Å². The van der Waals surface area contributed by atoms with E-state index in [1.807, 2.05) is 0 Å². The fraction of sp³-hybridized carbons (Fsp3) is 0.0556. The second-order valence-electron chi connectivity index (χ2n) is 5.77. The number of rotatable bonds is 5. The van der Waals surface area contributed by atoms with E-state index < -0.39 is 4.92 Å². The fourth-order valence-electron chi connectivity index (χ4n) is 2.60. The number of halogens is 2. The van der Waals surface area contributed by atoms with Gasteiger partial charge in [0, 0.05) is 34.0 Å². The highest BCUT2D eigenvalue weighted by Crippen LogP contribution is 2.28. The summed E-state index contributed by atoms with van der Waals surface area (Å²) < 4.78 is 15.5. The molecule has 0 saturated carbocycles. The fourth-order valence-corrected chi connectivity index (χ4v) is 3.83. The van der Waals surface area contributed by atoms with Crippen molar-refractivity contribution in [3.63, 3.8) is 0 Å². The lowest BCUT2D eigenvalue weighted by Gasteiger charge is -2.05. The molecule has 0 fully saturated rings. The van der Waals surface area contributed by atoms with Crippen LogP contribution in [0.15, 0.2) is 59.8 Å². The van der Waals surface area contributed by atoms with E-state index in [1.54, 1.807) is 36.4 Å². The van der Waals surface area contributed by atoms with E-state index in [1.165, 1.54) is 34.5 Å². The highest BCUT2D eigenvalue weighted by molar-refractivity contribution is 7.98. The molecule has 2 aromatic carbocycles. The summed E-state index contributed by atoms with van der Waals surface area (Å²) in [7, 11) is 0. The first-order valence-electron chi connectivity index (χ1n) is 8.06. The van der Waals surface area contributed by atoms with Crippen LogP contribution in [0.1, 0.15) is 5.56 Å². The number of fused-ring (bicyclic) bond motifs is 1. The summed E-state index contributed by atoms with van der Waals surface area (Å²) in [6.45, 7) is 0. The summed E-state index contributed by atoms with van der Waals surface area (Å²) in [5, 5.41) is 24.4. The Morgan fingerprint density at radius 1 is 1.14 bits per heavy atom. The average Bonchev–Trinajstić information content (AvgIpc) is 3.10. The summed E-state index contributed by atoms with van der Waals surface area (Å²) in [6.07, 6.45) is 0.